The molecule has 0 aliphatic carbocycles. The smallest absolute Gasteiger partial charge is 0.164 e. The molecular formula is C21H27NO3. The van der Waals surface area contributed by atoms with Gasteiger partial charge in [0.1, 0.15) is 12.4 Å². The number of hydrogen-bond donors (Lipinski definition) is 1. The lowest BCUT2D eigenvalue weighted by atomic mass is 10.1. The minimum Gasteiger partial charge on any atom is -0.497 e. The first kappa shape index (κ1) is 17.6. The van der Waals surface area contributed by atoms with Crippen LogP contribution < -0.4 is 19.5 Å². The highest BCUT2D eigenvalue weighted by molar-refractivity contribution is 5.47. The highest BCUT2D eigenvalue weighted by atomic mass is 16.5. The fourth-order valence-electron chi connectivity index (χ4n) is 3.00. The Morgan fingerprint density at radius 3 is 2.80 bits per heavy atom. The highest BCUT2D eigenvalue weighted by Gasteiger charge is 2.15. The van der Waals surface area contributed by atoms with Gasteiger partial charge in [-0.1, -0.05) is 24.3 Å². The molecule has 0 saturated carbocycles. The van der Waals surface area contributed by atoms with Crippen LogP contribution in [0, 0.1) is 0 Å². The van der Waals surface area contributed by atoms with Gasteiger partial charge in [0.05, 0.1) is 13.7 Å². The topological polar surface area (TPSA) is 39.7 Å². The van der Waals surface area contributed by atoms with Crippen LogP contribution in [0.3, 0.4) is 0 Å². The molecule has 1 aliphatic rings. The lowest BCUT2D eigenvalue weighted by molar-refractivity contribution is 0.235. The Hall–Kier alpha value is -2.20. The van der Waals surface area contributed by atoms with Gasteiger partial charge in [-0.3, -0.25) is 0 Å². The second kappa shape index (κ2) is 8.77. The first-order valence-corrected chi connectivity index (χ1v) is 9.00. The molecule has 0 aromatic heterocycles. The molecule has 25 heavy (non-hydrogen) atoms. The zero-order chi connectivity index (χ0) is 17.5. The minimum atomic E-state index is 0.276. The Morgan fingerprint density at radius 1 is 1.16 bits per heavy atom. The third-order valence-corrected chi connectivity index (χ3v) is 4.45. The van der Waals surface area contributed by atoms with Gasteiger partial charge in [-0.2, -0.15) is 0 Å². The molecule has 0 saturated heterocycles. The average Bonchev–Trinajstić information content (AvgIpc) is 2.67. The van der Waals surface area contributed by atoms with Crippen LogP contribution in [-0.4, -0.2) is 32.9 Å². The predicted molar refractivity (Wildman–Crippen MR) is 99.9 cm³/mol. The Kier molecular flexibility index (Phi) is 6.18. The van der Waals surface area contributed by atoms with Crippen molar-refractivity contribution in [1.82, 2.24) is 5.32 Å². The fraction of sp³-hybridized carbons (Fsp3) is 0.429. The van der Waals surface area contributed by atoms with E-state index in [-0.39, 0.29) is 6.04 Å². The van der Waals surface area contributed by atoms with E-state index in [9.17, 15) is 0 Å². The maximum Gasteiger partial charge on any atom is 0.164 e. The summed E-state index contributed by atoms with van der Waals surface area (Å²) in [5.41, 5.74) is 2.55. The molecule has 0 radical (unpaired) electrons. The summed E-state index contributed by atoms with van der Waals surface area (Å²) in [6.45, 7) is 4.47. The van der Waals surface area contributed by atoms with E-state index in [1.165, 1.54) is 11.1 Å². The summed E-state index contributed by atoms with van der Waals surface area (Å²) >= 11 is 0. The Morgan fingerprint density at radius 2 is 2.00 bits per heavy atom. The van der Waals surface area contributed by atoms with Gasteiger partial charge in [-0.25, -0.2) is 0 Å². The molecule has 1 unspecified atom stereocenters. The molecule has 1 heterocycles. The van der Waals surface area contributed by atoms with Crippen molar-refractivity contribution >= 4 is 0 Å². The lowest BCUT2D eigenvalue weighted by Crippen LogP contribution is -2.33. The lowest BCUT2D eigenvalue weighted by Gasteiger charge is -2.21. The van der Waals surface area contributed by atoms with Crippen LogP contribution in [0.25, 0.3) is 0 Å². The molecule has 1 atom stereocenters. The summed E-state index contributed by atoms with van der Waals surface area (Å²) in [4.78, 5) is 0. The molecule has 4 heteroatoms. The predicted octanol–water partition coefficient (Wildman–Crippen LogP) is 3.62. The minimum absolute atomic E-state index is 0.276. The van der Waals surface area contributed by atoms with Gasteiger partial charge < -0.3 is 19.5 Å². The highest BCUT2D eigenvalue weighted by Crippen LogP contribution is 2.34. The van der Waals surface area contributed by atoms with E-state index in [2.05, 4.69) is 30.4 Å². The molecule has 1 N–H and O–H groups in total. The summed E-state index contributed by atoms with van der Waals surface area (Å²) in [5.74, 6) is 2.69. The molecule has 0 bridgehead atoms. The molecule has 2 aromatic rings. The first-order chi connectivity index (χ1) is 12.3. The first-order valence-electron chi connectivity index (χ1n) is 9.00. The standard InChI is InChI=1S/C21H27NO3/c1-16(22-13-12-17-8-10-19(23-2)11-9-17)15-25-20-7-3-5-18-6-4-14-24-21(18)20/h3,5,7-11,16,22H,4,6,12-15H2,1-2H3. The molecule has 0 amide bonds. The van der Waals surface area contributed by atoms with Crippen LogP contribution in [0.15, 0.2) is 42.5 Å². The van der Waals surface area contributed by atoms with Gasteiger partial charge in [0.2, 0.25) is 0 Å². The summed E-state index contributed by atoms with van der Waals surface area (Å²) in [6.07, 6.45) is 3.14. The van der Waals surface area contributed by atoms with E-state index in [0.717, 1.165) is 49.7 Å². The van der Waals surface area contributed by atoms with Gasteiger partial charge in [0, 0.05) is 6.04 Å². The van der Waals surface area contributed by atoms with Crippen molar-refractivity contribution in [3.05, 3.63) is 53.6 Å². The number of ether oxygens (including phenoxy) is 3. The Labute approximate surface area is 150 Å². The van der Waals surface area contributed by atoms with Gasteiger partial charge in [0.25, 0.3) is 0 Å². The van der Waals surface area contributed by atoms with Crippen molar-refractivity contribution in [3.8, 4) is 17.2 Å². The molecule has 3 rings (SSSR count). The maximum absolute atomic E-state index is 6.00. The van der Waals surface area contributed by atoms with Gasteiger partial charge in [0.15, 0.2) is 11.5 Å². The van der Waals surface area contributed by atoms with Crippen molar-refractivity contribution in [3.63, 3.8) is 0 Å². The van der Waals surface area contributed by atoms with Crippen molar-refractivity contribution in [2.24, 2.45) is 0 Å². The van der Waals surface area contributed by atoms with Gasteiger partial charge in [-0.15, -0.1) is 0 Å². The summed E-state index contributed by atoms with van der Waals surface area (Å²) in [5, 5.41) is 3.51. The van der Waals surface area contributed by atoms with Crippen molar-refractivity contribution < 1.29 is 14.2 Å². The quantitative estimate of drug-likeness (QED) is 0.796. The molecule has 0 spiro atoms. The zero-order valence-electron chi connectivity index (χ0n) is 15.1. The van der Waals surface area contributed by atoms with E-state index < -0.39 is 0 Å². The third kappa shape index (κ3) is 4.89. The number of nitrogens with one attached hydrogen (secondary N) is 1. The van der Waals surface area contributed by atoms with Crippen molar-refractivity contribution in [1.29, 1.82) is 0 Å². The molecule has 1 aliphatic heterocycles. The molecule has 4 nitrogen and oxygen atoms in total. The second-order valence-corrected chi connectivity index (χ2v) is 6.46. The van der Waals surface area contributed by atoms with Crippen LogP contribution >= 0.6 is 0 Å². The Bertz CT molecular complexity index is 669. The van der Waals surface area contributed by atoms with Crippen LogP contribution in [-0.2, 0) is 12.8 Å². The second-order valence-electron chi connectivity index (χ2n) is 6.46. The van der Waals surface area contributed by atoms with E-state index in [0.29, 0.717) is 6.61 Å². The summed E-state index contributed by atoms with van der Waals surface area (Å²) in [7, 11) is 1.69. The number of methoxy groups -OCH3 is 1. The largest absolute Gasteiger partial charge is 0.497 e. The van der Waals surface area contributed by atoms with Crippen molar-refractivity contribution in [2.75, 3.05) is 26.9 Å². The maximum atomic E-state index is 6.00. The average molecular weight is 341 g/mol. The zero-order valence-corrected chi connectivity index (χ0v) is 15.1. The van der Waals surface area contributed by atoms with E-state index >= 15 is 0 Å². The number of hydrogen-bond acceptors (Lipinski definition) is 4. The summed E-state index contributed by atoms with van der Waals surface area (Å²) in [6, 6.07) is 14.7. The fourth-order valence-corrected chi connectivity index (χ4v) is 3.00. The number of aryl methyl sites for hydroxylation is 1. The van der Waals surface area contributed by atoms with E-state index in [1.807, 2.05) is 24.3 Å². The number of fused-ring (bicyclic) bond motifs is 1. The molecular weight excluding hydrogens is 314 g/mol. The third-order valence-electron chi connectivity index (χ3n) is 4.45. The summed E-state index contributed by atoms with van der Waals surface area (Å²) < 4.78 is 17.0. The van der Waals surface area contributed by atoms with Gasteiger partial charge in [-0.05, 0) is 62.1 Å². The van der Waals surface area contributed by atoms with Crippen LogP contribution in [0.4, 0.5) is 0 Å². The Balaban J connectivity index is 1.43. The molecule has 2 aromatic carbocycles. The van der Waals surface area contributed by atoms with E-state index in [4.69, 9.17) is 14.2 Å². The van der Waals surface area contributed by atoms with Crippen LogP contribution in [0.2, 0.25) is 0 Å². The number of para-hydroxylation sites is 1. The molecule has 0 fully saturated rings. The van der Waals surface area contributed by atoms with E-state index in [1.54, 1.807) is 7.11 Å². The molecule has 134 valence electrons. The van der Waals surface area contributed by atoms with Crippen LogP contribution in [0.1, 0.15) is 24.5 Å². The normalized spacial score (nSPS) is 14.3. The van der Waals surface area contributed by atoms with Gasteiger partial charge >= 0.3 is 0 Å². The van der Waals surface area contributed by atoms with Crippen LogP contribution in [0.5, 0.6) is 17.2 Å². The van der Waals surface area contributed by atoms with Crippen molar-refractivity contribution in [2.45, 2.75) is 32.2 Å². The number of benzene rings is 2. The SMILES string of the molecule is COc1ccc(CCNC(C)COc2cccc3c2OCCC3)cc1. The number of rotatable bonds is 8. The monoisotopic (exact) mass is 341 g/mol.